The third-order valence-corrected chi connectivity index (χ3v) is 18.1. The number of aliphatic carboxylic acids is 4. The first-order chi connectivity index (χ1) is 53.6. The molecule has 3 rings (SSSR count). The summed E-state index contributed by atoms with van der Waals surface area (Å²) in [5.74, 6) is -28.5. The highest BCUT2D eigenvalue weighted by molar-refractivity contribution is 6.02. The highest BCUT2D eigenvalue weighted by atomic mass is 16.5. The number of hydrogen-bond acceptors (Lipinski definition) is 23. The Bertz CT molecular complexity index is 3800. The molecule has 2 aromatic rings. The van der Waals surface area contributed by atoms with E-state index in [4.69, 9.17) is 21.9 Å². The monoisotopic (exact) mass is 1610 g/mol. The molecule has 1 saturated heterocycles. The van der Waals surface area contributed by atoms with Crippen LogP contribution in [-0.4, -0.2) is 259 Å². The van der Waals surface area contributed by atoms with Crippen molar-refractivity contribution in [2.75, 3.05) is 26.7 Å². The first kappa shape index (κ1) is 96.3. The van der Waals surface area contributed by atoms with E-state index in [2.05, 4.69) is 72.0 Å². The van der Waals surface area contributed by atoms with Crippen molar-refractivity contribution < 1.29 is 126 Å². The van der Waals surface area contributed by atoms with E-state index in [1.807, 2.05) is 10.6 Å². The quantitative estimate of drug-likeness (QED) is 0.0223. The zero-order valence-electron chi connectivity index (χ0n) is 64.4. The number of hydrogen-bond donors (Lipinski definition) is 21. The average molecular weight is 1610 g/mol. The zero-order chi connectivity index (χ0) is 85.8. The van der Waals surface area contributed by atoms with Gasteiger partial charge in [-0.2, -0.15) is 0 Å². The van der Waals surface area contributed by atoms with Gasteiger partial charge in [0.1, 0.15) is 72.6 Å². The Morgan fingerprint density at radius 1 is 0.588 bits per heavy atom. The summed E-state index contributed by atoms with van der Waals surface area (Å²) in [4.78, 5) is 275. The lowest BCUT2D eigenvalue weighted by atomic mass is 9.98. The van der Waals surface area contributed by atoms with Crippen LogP contribution in [0.15, 0.2) is 30.5 Å². The molecule has 15 amide bonds. The molecule has 0 spiro atoms. The van der Waals surface area contributed by atoms with E-state index in [0.29, 0.717) is 40.1 Å². The lowest BCUT2D eigenvalue weighted by molar-refractivity contribution is -0.159. The number of H-pyrrole nitrogens is 1. The van der Waals surface area contributed by atoms with Crippen LogP contribution in [0.5, 0.6) is 0 Å². The number of ether oxygens (including phenoxy) is 1. The van der Waals surface area contributed by atoms with Gasteiger partial charge in [-0.3, -0.25) is 91.1 Å². The number of aromatic nitrogens is 1. The number of unbranched alkanes of at least 4 members (excludes halogenated alkanes) is 4. The van der Waals surface area contributed by atoms with Crippen LogP contribution in [-0.2, 0) is 107 Å². The number of nitrogens with zero attached hydrogens (tertiary/aromatic N) is 1. The number of carboxylic acid groups (broad SMARTS) is 4. The first-order valence-corrected chi connectivity index (χ1v) is 37.0. The second kappa shape index (κ2) is 48.1. The summed E-state index contributed by atoms with van der Waals surface area (Å²) in [6.07, 6.45) is -6.65. The molecule has 43 nitrogen and oxygen atoms in total. The van der Waals surface area contributed by atoms with E-state index < -0.39 is 261 Å². The summed E-state index contributed by atoms with van der Waals surface area (Å²) >= 11 is 0. The lowest BCUT2D eigenvalue weighted by Crippen LogP contribution is -2.64. The fourth-order valence-electron chi connectivity index (χ4n) is 11.6. The molecule has 1 aromatic heterocycles. The number of esters is 1. The van der Waals surface area contributed by atoms with Gasteiger partial charge >= 0.3 is 29.8 Å². The number of benzene rings is 1. The number of nitrogens with one attached hydrogen (secondary N) is 13. The maximum Gasteiger partial charge on any atom is 0.329 e. The predicted octanol–water partition coefficient (Wildman–Crippen LogP) is -5.84. The Morgan fingerprint density at radius 2 is 1.15 bits per heavy atom. The maximum absolute atomic E-state index is 15.0. The van der Waals surface area contributed by atoms with Crippen LogP contribution in [0.3, 0.4) is 0 Å². The Labute approximate surface area is 654 Å². The number of carbonyl (C=O) groups excluding carboxylic acids is 16. The molecule has 1 fully saturated rings. The molecule has 2 heterocycles. The Hall–Kier alpha value is -11.9. The lowest BCUT2D eigenvalue weighted by Gasteiger charge is -2.32. The van der Waals surface area contributed by atoms with Gasteiger partial charge in [-0.15, -0.1) is 0 Å². The summed E-state index contributed by atoms with van der Waals surface area (Å²) < 4.78 is 5.75. The van der Waals surface area contributed by atoms with Gasteiger partial charge in [0.25, 0.3) is 0 Å². The molecule has 0 bridgehead atoms. The molecular formula is C71H107N17O26. The smallest absolute Gasteiger partial charge is 0.329 e. The van der Waals surface area contributed by atoms with Crippen LogP contribution >= 0.6 is 0 Å². The van der Waals surface area contributed by atoms with Crippen molar-refractivity contribution in [2.24, 2.45) is 29.0 Å². The number of rotatable bonds is 36. The molecule has 632 valence electrons. The molecule has 43 heteroatoms. The van der Waals surface area contributed by atoms with Gasteiger partial charge in [-0.05, 0) is 82.4 Å². The molecule has 24 N–H and O–H groups in total. The highest BCUT2D eigenvalue weighted by Crippen LogP contribution is 2.21. The second-order valence-corrected chi connectivity index (χ2v) is 28.0. The summed E-state index contributed by atoms with van der Waals surface area (Å²) in [6.45, 7) is 6.72. The molecule has 14 unspecified atom stereocenters. The number of para-hydroxylation sites is 1. The van der Waals surface area contributed by atoms with Crippen LogP contribution in [0.1, 0.15) is 156 Å². The SMILES string of the molecule is CCC(C)C1NC(=O)C(CCC(=O)O)NC(=O)C(CC(N)=O)NC(=O)CNC(=O)C(CC(=O)O)NC(=O)C(CCCCN)NC(=O)C(CC(=O)O)NC(=O)C(C)NC(=O)CN(C)C(=O)C(NC(=O)C(NC(=O)C(CCC(=O)O)NC(=O)C(Cc2c[nH]c3ccccc23)NC(=O)CCCCCCC(C)C)C(O)C(N)=O)C(C)OC1=O. The van der Waals surface area contributed by atoms with Crippen molar-refractivity contribution in [3.05, 3.63) is 36.0 Å². The number of likely N-dealkylation sites (N-methyl/N-ethyl adjacent to an activating group) is 1. The van der Waals surface area contributed by atoms with Crippen LogP contribution in [0.25, 0.3) is 10.9 Å². The van der Waals surface area contributed by atoms with E-state index in [9.17, 15) is 121 Å². The van der Waals surface area contributed by atoms with Crippen LogP contribution < -0.4 is 81.0 Å². The second-order valence-electron chi connectivity index (χ2n) is 28.0. The third-order valence-electron chi connectivity index (χ3n) is 18.1. The Balaban J connectivity index is 2.26. The van der Waals surface area contributed by atoms with Gasteiger partial charge in [0, 0.05) is 49.8 Å². The number of aliphatic hydroxyl groups is 1. The van der Waals surface area contributed by atoms with E-state index in [1.54, 1.807) is 30.5 Å². The number of amides is 15. The number of cyclic esters (lactones) is 1. The van der Waals surface area contributed by atoms with Crippen LogP contribution in [0, 0.1) is 11.8 Å². The number of nitrogens with two attached hydrogens (primary N) is 3. The minimum absolute atomic E-state index is 0.0253. The van der Waals surface area contributed by atoms with Gasteiger partial charge in [0.15, 0.2) is 6.10 Å². The predicted molar refractivity (Wildman–Crippen MR) is 397 cm³/mol. The summed E-state index contributed by atoms with van der Waals surface area (Å²) in [5, 5.41) is 77.7. The minimum Gasteiger partial charge on any atom is -0.481 e. The van der Waals surface area contributed by atoms with Gasteiger partial charge in [0.05, 0.1) is 32.4 Å². The Morgan fingerprint density at radius 3 is 1.74 bits per heavy atom. The minimum atomic E-state index is -2.80. The molecular weight excluding hydrogens is 1510 g/mol. The molecule has 1 aromatic carbocycles. The number of primary amides is 2. The zero-order valence-corrected chi connectivity index (χ0v) is 64.4. The van der Waals surface area contributed by atoms with Crippen molar-refractivity contribution in [3.63, 3.8) is 0 Å². The Kier molecular flexibility index (Phi) is 40.6. The summed E-state index contributed by atoms with van der Waals surface area (Å²) in [5.41, 5.74) is 17.7. The van der Waals surface area contributed by atoms with Crippen LogP contribution in [0.4, 0.5) is 0 Å². The number of aromatic amines is 1. The third kappa shape index (κ3) is 33.6. The molecule has 1 aliphatic rings. The molecule has 0 radical (unpaired) electrons. The molecule has 0 aliphatic carbocycles. The van der Waals surface area contributed by atoms with E-state index >= 15 is 0 Å². The molecule has 114 heavy (non-hydrogen) atoms. The topological polar surface area (TPSA) is 693 Å². The number of aliphatic hydroxyl groups excluding tert-OH is 1. The number of carbonyl (C=O) groups is 20. The summed E-state index contributed by atoms with van der Waals surface area (Å²) in [6, 6.07) is -15.2. The van der Waals surface area contributed by atoms with E-state index in [0.717, 1.165) is 40.2 Å². The van der Waals surface area contributed by atoms with Gasteiger partial charge in [-0.25, -0.2) is 4.79 Å². The number of carboxylic acids is 4. The molecule has 0 saturated carbocycles. The average Bonchev–Trinajstić information content (AvgIpc) is 1.65. The fourth-order valence-corrected chi connectivity index (χ4v) is 11.6. The van der Waals surface area contributed by atoms with Crippen molar-refractivity contribution in [2.45, 2.75) is 236 Å². The molecule has 14 atom stereocenters. The standard InChI is InChI=1S/C71H107N17O26/c1-8-35(4)56-71(113)114-37(6)57(86-69(111)58(59(101)60(74)102)87-65(107)43(23-25-53(95)96)81-66(108)44(27-38-31-75-40-19-14-13-18-39(38)40)78-49(90)21-12-10-9-11-17-34(2)3)70(112)88(7)33-51(92)77-36(5)61(103)83-47(30-55(99)100)68(110)80-41(20-15-16-26-72)63(105)84-46(29-54(97)98)62(104)76-32-50(91)79-45(28-48(73)89)67(109)82-42(64(106)85-56)22-24-52(93)94/h13-14,18-19,31,34-37,41-47,56-59,75,101H,8-12,15-17,20-30,32-33,72H2,1-7H3,(H2,73,89)(H2,74,102)(H,76,104)(H,77,92)(H,78,90)(H,79,91)(H,80,110)(H,81,108)(H,82,109)(H,83,103)(H,84,105)(H,85,106)(H,86,111)(H,87,107)(H,93,94)(H,95,96)(H,97,98)(H,99,100). The molecule has 1 aliphatic heterocycles. The van der Waals surface area contributed by atoms with Gasteiger partial charge < -0.3 is 121 Å². The number of fused-ring (bicyclic) bond motifs is 1. The van der Waals surface area contributed by atoms with E-state index in [1.165, 1.54) is 13.8 Å². The van der Waals surface area contributed by atoms with Gasteiger partial charge in [-0.1, -0.05) is 78.0 Å². The first-order valence-electron chi connectivity index (χ1n) is 37.0. The van der Waals surface area contributed by atoms with Crippen LogP contribution in [0.2, 0.25) is 0 Å². The largest absolute Gasteiger partial charge is 0.481 e. The van der Waals surface area contributed by atoms with Crippen molar-refractivity contribution in [3.8, 4) is 0 Å². The highest BCUT2D eigenvalue weighted by Gasteiger charge is 2.43. The van der Waals surface area contributed by atoms with Crippen molar-refractivity contribution in [1.82, 2.24) is 73.7 Å². The van der Waals surface area contributed by atoms with Crippen molar-refractivity contribution in [1.29, 1.82) is 0 Å². The van der Waals surface area contributed by atoms with E-state index in [-0.39, 0.29) is 45.1 Å². The summed E-state index contributed by atoms with van der Waals surface area (Å²) in [7, 11) is 0.901. The fraction of sp³-hybridized carbons (Fsp3) is 0.606. The maximum atomic E-state index is 15.0. The van der Waals surface area contributed by atoms with Crippen molar-refractivity contribution >= 4 is 129 Å². The van der Waals surface area contributed by atoms with Gasteiger partial charge in [0.2, 0.25) is 88.6 Å². The normalized spacial score (nSPS) is 21.7.